The van der Waals surface area contributed by atoms with E-state index in [0.717, 1.165) is 38.5 Å². The van der Waals surface area contributed by atoms with Crippen LogP contribution in [0.3, 0.4) is 0 Å². The lowest BCUT2D eigenvalue weighted by atomic mass is 10.0. The van der Waals surface area contributed by atoms with Crippen molar-refractivity contribution >= 4 is 19.8 Å². The summed E-state index contributed by atoms with van der Waals surface area (Å²) in [5.74, 6) is -0.819. The molecule has 0 aromatic carbocycles. The van der Waals surface area contributed by atoms with Crippen molar-refractivity contribution in [2.75, 3.05) is 47.5 Å². The fourth-order valence-electron chi connectivity index (χ4n) is 8.01. The van der Waals surface area contributed by atoms with Gasteiger partial charge in [0.05, 0.1) is 27.7 Å². The monoisotopic (exact) mass is 928 g/mol. The molecule has 0 N–H and O–H groups in total. The van der Waals surface area contributed by atoms with Crippen LogP contribution in [0.15, 0.2) is 12.2 Å². The van der Waals surface area contributed by atoms with Gasteiger partial charge in [0, 0.05) is 12.8 Å². The van der Waals surface area contributed by atoms with Crippen LogP contribution in [0.4, 0.5) is 0 Å². The molecule has 0 rings (SSSR count). The summed E-state index contributed by atoms with van der Waals surface area (Å²) in [6.07, 6.45) is 52.4. The molecule has 0 aliphatic heterocycles. The van der Waals surface area contributed by atoms with E-state index in [9.17, 15) is 19.0 Å². The minimum absolute atomic E-state index is 0.0276. The highest BCUT2D eigenvalue weighted by atomic mass is 31.2. The average molecular weight is 928 g/mol. The van der Waals surface area contributed by atoms with Gasteiger partial charge in [-0.3, -0.25) is 14.2 Å². The van der Waals surface area contributed by atoms with E-state index < -0.39 is 26.5 Å². The van der Waals surface area contributed by atoms with Gasteiger partial charge in [0.2, 0.25) is 0 Å². The first-order chi connectivity index (χ1) is 31.0. The zero-order valence-electron chi connectivity index (χ0n) is 43.0. The SMILES string of the molecule is CCCCCCCC/C=C\CCCCCCCCCCCC(=O)OC(COC(=O)CCCCCCCCCCCCCCCCCCCCCCC)COP(=O)([O-])OCC[N+](C)(C)C. The number of nitrogens with zero attached hydrogens (tertiary/aromatic N) is 1. The van der Waals surface area contributed by atoms with Gasteiger partial charge < -0.3 is 27.9 Å². The highest BCUT2D eigenvalue weighted by molar-refractivity contribution is 7.45. The topological polar surface area (TPSA) is 111 Å². The second-order valence-corrected chi connectivity index (χ2v) is 21.4. The van der Waals surface area contributed by atoms with Gasteiger partial charge in [0.25, 0.3) is 7.82 Å². The van der Waals surface area contributed by atoms with E-state index in [0.29, 0.717) is 17.4 Å². The Hall–Kier alpha value is -1.25. The lowest BCUT2D eigenvalue weighted by Crippen LogP contribution is -2.37. The number of rotatable bonds is 51. The zero-order valence-corrected chi connectivity index (χ0v) is 43.9. The molecule has 0 aromatic heterocycles. The number of esters is 2. The van der Waals surface area contributed by atoms with Gasteiger partial charge in [-0.05, 0) is 38.5 Å². The summed E-state index contributed by atoms with van der Waals surface area (Å²) in [4.78, 5) is 37.8. The first-order valence-corrected chi connectivity index (χ1v) is 28.9. The van der Waals surface area contributed by atoms with Crippen molar-refractivity contribution in [2.24, 2.45) is 0 Å². The van der Waals surface area contributed by atoms with Crippen LogP contribution in [-0.4, -0.2) is 70.0 Å². The number of carbonyl (C=O) groups is 2. The normalized spacial score (nSPS) is 13.4. The smallest absolute Gasteiger partial charge is 0.306 e. The Kier molecular flexibility index (Phi) is 45.9. The average Bonchev–Trinajstić information content (AvgIpc) is 3.25. The summed E-state index contributed by atoms with van der Waals surface area (Å²) < 4.78 is 34.1. The third-order valence-electron chi connectivity index (χ3n) is 12.3. The molecule has 64 heavy (non-hydrogen) atoms. The molecule has 0 heterocycles. The van der Waals surface area contributed by atoms with E-state index in [1.807, 2.05) is 21.1 Å². The highest BCUT2D eigenvalue weighted by Crippen LogP contribution is 2.38. The summed E-state index contributed by atoms with van der Waals surface area (Å²) >= 11 is 0. The number of ether oxygens (including phenoxy) is 2. The molecule has 9 nitrogen and oxygen atoms in total. The van der Waals surface area contributed by atoms with Crippen molar-refractivity contribution in [3.63, 3.8) is 0 Å². The maximum atomic E-state index is 12.8. The second kappa shape index (κ2) is 46.8. The Balaban J connectivity index is 4.17. The standard InChI is InChI=1S/C54H106NO8P/c1-6-8-10-12-14-16-18-20-22-24-26-27-29-30-32-34-36-38-40-42-44-46-53(56)60-50-52(51-62-64(58,59)61-49-48-55(3,4)5)63-54(57)47-45-43-41-39-37-35-33-31-28-25-23-21-19-17-15-13-11-9-7-2/h21,23,52H,6-20,22,24-51H2,1-5H3/b23-21-. The Morgan fingerprint density at radius 3 is 1.16 bits per heavy atom. The number of phosphoric acid groups is 1. The van der Waals surface area contributed by atoms with Gasteiger partial charge >= 0.3 is 11.9 Å². The van der Waals surface area contributed by atoms with Crippen LogP contribution in [0.5, 0.6) is 0 Å². The third-order valence-corrected chi connectivity index (χ3v) is 13.2. The van der Waals surface area contributed by atoms with Gasteiger partial charge in [0.1, 0.15) is 19.8 Å². The molecule has 0 saturated carbocycles. The van der Waals surface area contributed by atoms with Crippen LogP contribution < -0.4 is 4.89 Å². The third kappa shape index (κ3) is 50.2. The number of quaternary nitrogens is 1. The van der Waals surface area contributed by atoms with Gasteiger partial charge in [-0.15, -0.1) is 0 Å². The zero-order chi connectivity index (χ0) is 47.1. The van der Waals surface area contributed by atoms with E-state index in [-0.39, 0.29) is 32.0 Å². The van der Waals surface area contributed by atoms with Gasteiger partial charge in [-0.25, -0.2) is 0 Å². The van der Waals surface area contributed by atoms with Gasteiger partial charge in [0.15, 0.2) is 6.10 Å². The van der Waals surface area contributed by atoms with Crippen molar-refractivity contribution in [2.45, 2.75) is 277 Å². The summed E-state index contributed by atoms with van der Waals surface area (Å²) in [6, 6.07) is 0. The molecule has 0 aliphatic rings. The maximum absolute atomic E-state index is 12.8. The molecule has 0 fully saturated rings. The largest absolute Gasteiger partial charge is 0.756 e. The van der Waals surface area contributed by atoms with E-state index in [2.05, 4.69) is 26.0 Å². The summed E-state index contributed by atoms with van der Waals surface area (Å²) in [7, 11) is 1.18. The molecular weight excluding hydrogens is 822 g/mol. The number of hydrogen-bond donors (Lipinski definition) is 0. The van der Waals surface area contributed by atoms with Crippen LogP contribution in [-0.2, 0) is 32.7 Å². The lowest BCUT2D eigenvalue weighted by molar-refractivity contribution is -0.870. The van der Waals surface area contributed by atoms with E-state index in [1.165, 1.54) is 199 Å². The number of carbonyl (C=O) groups excluding carboxylic acids is 2. The Morgan fingerprint density at radius 1 is 0.469 bits per heavy atom. The van der Waals surface area contributed by atoms with Crippen molar-refractivity contribution in [3.8, 4) is 0 Å². The number of hydrogen-bond acceptors (Lipinski definition) is 8. The lowest BCUT2D eigenvalue weighted by Gasteiger charge is -2.28. The molecule has 2 atom stereocenters. The van der Waals surface area contributed by atoms with E-state index in [4.69, 9.17) is 18.5 Å². The minimum Gasteiger partial charge on any atom is -0.756 e. The minimum atomic E-state index is -4.63. The van der Waals surface area contributed by atoms with E-state index >= 15 is 0 Å². The molecule has 0 saturated heterocycles. The molecular formula is C54H106NO8P. The Labute approximate surface area is 396 Å². The molecule has 0 amide bonds. The number of allylic oxidation sites excluding steroid dienone is 2. The van der Waals surface area contributed by atoms with Crippen molar-refractivity contribution in [1.82, 2.24) is 0 Å². The molecule has 0 bridgehead atoms. The molecule has 0 aliphatic carbocycles. The van der Waals surface area contributed by atoms with Crippen LogP contribution in [0.2, 0.25) is 0 Å². The predicted octanol–water partition coefficient (Wildman–Crippen LogP) is 15.8. The molecule has 0 aromatic rings. The summed E-state index contributed by atoms with van der Waals surface area (Å²) in [6.45, 7) is 4.28. The molecule has 0 spiro atoms. The molecule has 380 valence electrons. The number of phosphoric ester groups is 1. The van der Waals surface area contributed by atoms with Crippen LogP contribution in [0.25, 0.3) is 0 Å². The van der Waals surface area contributed by atoms with Gasteiger partial charge in [-0.1, -0.05) is 231 Å². The Morgan fingerprint density at radius 2 is 0.797 bits per heavy atom. The first kappa shape index (κ1) is 62.8. The number of unbranched alkanes of at least 4 members (excludes halogenated alkanes) is 35. The fourth-order valence-corrected chi connectivity index (χ4v) is 8.73. The fraction of sp³-hybridized carbons (Fsp3) is 0.926. The number of likely N-dealkylation sites (N-methyl/N-ethyl adjacent to an activating group) is 1. The molecule has 0 radical (unpaired) electrons. The van der Waals surface area contributed by atoms with Crippen LogP contribution in [0, 0.1) is 0 Å². The molecule has 10 heteroatoms. The van der Waals surface area contributed by atoms with Crippen molar-refractivity contribution < 1.29 is 42.1 Å². The second-order valence-electron chi connectivity index (χ2n) is 20.0. The molecule has 2 unspecified atom stereocenters. The highest BCUT2D eigenvalue weighted by Gasteiger charge is 2.21. The van der Waals surface area contributed by atoms with Crippen molar-refractivity contribution in [1.29, 1.82) is 0 Å². The van der Waals surface area contributed by atoms with E-state index in [1.54, 1.807) is 0 Å². The first-order valence-electron chi connectivity index (χ1n) is 27.4. The van der Waals surface area contributed by atoms with Crippen LogP contribution >= 0.6 is 7.82 Å². The predicted molar refractivity (Wildman–Crippen MR) is 268 cm³/mol. The maximum Gasteiger partial charge on any atom is 0.306 e. The quantitative estimate of drug-likeness (QED) is 0.0195. The summed E-state index contributed by atoms with van der Waals surface area (Å²) in [5.41, 5.74) is 0. The van der Waals surface area contributed by atoms with Gasteiger partial charge in [-0.2, -0.15) is 0 Å². The van der Waals surface area contributed by atoms with Crippen LogP contribution in [0.1, 0.15) is 271 Å². The summed E-state index contributed by atoms with van der Waals surface area (Å²) in [5, 5.41) is 0. The van der Waals surface area contributed by atoms with Crippen molar-refractivity contribution in [3.05, 3.63) is 12.2 Å². The Bertz CT molecular complexity index is 1100.